The second-order valence-electron chi connectivity index (χ2n) is 6.88. The van der Waals surface area contributed by atoms with E-state index in [9.17, 15) is 18.0 Å². The molecule has 1 heterocycles. The van der Waals surface area contributed by atoms with Crippen molar-refractivity contribution in [1.82, 2.24) is 4.90 Å². The van der Waals surface area contributed by atoms with E-state index in [4.69, 9.17) is 0 Å². The predicted octanol–water partition coefficient (Wildman–Crippen LogP) is 5.34. The fraction of sp³-hybridized carbons (Fsp3) is 0.333. The Kier molecular flexibility index (Phi) is 6.64. The van der Waals surface area contributed by atoms with Gasteiger partial charge in [-0.15, -0.1) is 0 Å². The summed E-state index contributed by atoms with van der Waals surface area (Å²) in [5.74, 6) is -0.184. The minimum Gasteiger partial charge on any atom is -0.367 e. The third-order valence-electron chi connectivity index (χ3n) is 4.18. The van der Waals surface area contributed by atoms with Crippen LogP contribution >= 0.6 is 11.8 Å². The van der Waals surface area contributed by atoms with Gasteiger partial charge in [0.2, 0.25) is 0 Å². The van der Waals surface area contributed by atoms with E-state index in [-0.39, 0.29) is 17.8 Å². The fourth-order valence-electron chi connectivity index (χ4n) is 2.86. The van der Waals surface area contributed by atoms with Gasteiger partial charge in [-0.3, -0.25) is 9.69 Å². The van der Waals surface area contributed by atoms with Gasteiger partial charge in [-0.25, -0.2) is 4.99 Å². The van der Waals surface area contributed by atoms with E-state index in [1.807, 2.05) is 38.1 Å². The van der Waals surface area contributed by atoms with Crippen LogP contribution in [0.25, 0.3) is 0 Å². The first kappa shape index (κ1) is 21.4. The Morgan fingerprint density at radius 1 is 1.24 bits per heavy atom. The van der Waals surface area contributed by atoms with Crippen molar-refractivity contribution in [2.75, 3.05) is 13.2 Å². The Bertz CT molecular complexity index is 898. The van der Waals surface area contributed by atoms with E-state index in [2.05, 4.69) is 9.73 Å². The monoisotopic (exact) mass is 422 g/mol. The van der Waals surface area contributed by atoms with Crippen LogP contribution in [0.4, 0.5) is 18.9 Å². The van der Waals surface area contributed by atoms with Crippen molar-refractivity contribution in [3.8, 4) is 0 Å². The summed E-state index contributed by atoms with van der Waals surface area (Å²) in [6.07, 6.45) is -4.35. The number of ether oxygens (including phenoxy) is 1. The summed E-state index contributed by atoms with van der Waals surface area (Å²) in [6, 6.07) is 14.2. The van der Waals surface area contributed by atoms with Crippen LogP contribution in [0.15, 0.2) is 53.5 Å². The molecule has 2 aromatic carbocycles. The van der Waals surface area contributed by atoms with Gasteiger partial charge in [-0.2, -0.15) is 13.2 Å². The molecule has 0 N–H and O–H groups in total. The molecule has 3 rings (SSSR count). The van der Waals surface area contributed by atoms with Crippen molar-refractivity contribution >= 4 is 28.5 Å². The molecule has 1 aliphatic rings. The molecule has 154 valence electrons. The highest BCUT2D eigenvalue weighted by molar-refractivity contribution is 8.14. The summed E-state index contributed by atoms with van der Waals surface area (Å²) in [6.45, 7) is 3.10. The Hall–Kier alpha value is -2.32. The van der Waals surface area contributed by atoms with E-state index in [1.165, 1.54) is 0 Å². The van der Waals surface area contributed by atoms with Crippen LogP contribution in [0, 0.1) is 6.92 Å². The summed E-state index contributed by atoms with van der Waals surface area (Å²) in [5, 5.41) is 0.864. The number of nitrogens with zero attached hydrogens (tertiary/aromatic N) is 2. The van der Waals surface area contributed by atoms with E-state index in [0.717, 1.165) is 11.3 Å². The van der Waals surface area contributed by atoms with Crippen molar-refractivity contribution < 1.29 is 22.7 Å². The largest absolute Gasteiger partial charge is 0.411 e. The summed E-state index contributed by atoms with van der Waals surface area (Å²) < 4.78 is 41.1. The second-order valence-corrected chi connectivity index (χ2v) is 8.29. The molecule has 8 heteroatoms. The van der Waals surface area contributed by atoms with E-state index in [0.29, 0.717) is 22.8 Å². The number of hydrogen-bond donors (Lipinski definition) is 0. The van der Waals surface area contributed by atoms with Crippen molar-refractivity contribution in [1.29, 1.82) is 0 Å². The third-order valence-corrected chi connectivity index (χ3v) is 5.26. The number of amidine groups is 1. The van der Waals surface area contributed by atoms with E-state index >= 15 is 0 Å². The minimum atomic E-state index is -4.35. The summed E-state index contributed by atoms with van der Waals surface area (Å²) in [4.78, 5) is 19.3. The van der Waals surface area contributed by atoms with Gasteiger partial charge in [0, 0.05) is 17.4 Å². The molecule has 1 atom stereocenters. The zero-order valence-corrected chi connectivity index (χ0v) is 16.9. The maximum Gasteiger partial charge on any atom is 0.411 e. The van der Waals surface area contributed by atoms with E-state index < -0.39 is 12.8 Å². The number of rotatable bonds is 5. The smallest absolute Gasteiger partial charge is 0.367 e. The lowest BCUT2D eigenvalue weighted by molar-refractivity contribution is -0.176. The van der Waals surface area contributed by atoms with Crippen LogP contribution in [-0.2, 0) is 11.3 Å². The summed E-state index contributed by atoms with van der Waals surface area (Å²) in [7, 11) is 0. The van der Waals surface area contributed by atoms with Gasteiger partial charge in [0.25, 0.3) is 5.91 Å². The Morgan fingerprint density at radius 2 is 1.97 bits per heavy atom. The van der Waals surface area contributed by atoms with Gasteiger partial charge in [0.05, 0.1) is 12.3 Å². The molecule has 0 aliphatic carbocycles. The summed E-state index contributed by atoms with van der Waals surface area (Å²) >= 11 is 1.54. The van der Waals surface area contributed by atoms with Gasteiger partial charge in [-0.1, -0.05) is 43.0 Å². The minimum absolute atomic E-state index is 0.162. The van der Waals surface area contributed by atoms with Gasteiger partial charge in [0.15, 0.2) is 5.17 Å². The van der Waals surface area contributed by atoms with E-state index in [1.54, 1.807) is 40.9 Å². The standard InChI is InChI=1S/C21H21F3N2O2S/c1-14-4-3-5-18(10-14)25-20-26(11-15(2)29-20)19(27)17-8-6-16(7-9-17)12-28-13-21(22,23)24/h3-10,15H,11-13H2,1-2H3. The molecular weight excluding hydrogens is 401 g/mol. The van der Waals surface area contributed by atoms with Crippen molar-refractivity contribution in [3.05, 3.63) is 65.2 Å². The number of aliphatic imine (C=N–C) groups is 1. The van der Waals surface area contributed by atoms with Gasteiger partial charge in [-0.05, 0) is 42.3 Å². The number of alkyl halides is 3. The SMILES string of the molecule is Cc1cccc(N=C2SC(C)CN2C(=O)c2ccc(COCC(F)(F)F)cc2)c1. The first-order valence-corrected chi connectivity index (χ1v) is 9.96. The first-order valence-electron chi connectivity index (χ1n) is 9.08. The zero-order valence-electron chi connectivity index (χ0n) is 16.1. The Balaban J connectivity index is 1.71. The molecule has 1 unspecified atom stereocenters. The average Bonchev–Trinajstić information content (AvgIpc) is 3.01. The maximum atomic E-state index is 13.0. The lowest BCUT2D eigenvalue weighted by Crippen LogP contribution is -2.32. The third kappa shape index (κ3) is 6.08. The molecule has 1 saturated heterocycles. The second kappa shape index (κ2) is 9.00. The lowest BCUT2D eigenvalue weighted by Gasteiger charge is -2.16. The summed E-state index contributed by atoms with van der Waals surface area (Å²) in [5.41, 5.74) is 2.90. The predicted molar refractivity (Wildman–Crippen MR) is 109 cm³/mol. The molecule has 29 heavy (non-hydrogen) atoms. The molecule has 0 bridgehead atoms. The zero-order chi connectivity index (χ0) is 21.0. The average molecular weight is 422 g/mol. The number of benzene rings is 2. The normalized spacial score (nSPS) is 18.4. The van der Waals surface area contributed by atoms with Crippen molar-refractivity contribution in [2.24, 2.45) is 4.99 Å². The van der Waals surface area contributed by atoms with Crippen LogP contribution in [0.2, 0.25) is 0 Å². The molecule has 0 radical (unpaired) electrons. The highest BCUT2D eigenvalue weighted by atomic mass is 32.2. The van der Waals surface area contributed by atoms with Gasteiger partial charge < -0.3 is 4.74 Å². The molecule has 2 aromatic rings. The highest BCUT2D eigenvalue weighted by Gasteiger charge is 2.31. The number of thioether (sulfide) groups is 1. The number of hydrogen-bond acceptors (Lipinski definition) is 4. The van der Waals surface area contributed by atoms with Crippen LogP contribution in [0.3, 0.4) is 0 Å². The number of halogens is 3. The van der Waals surface area contributed by atoms with Crippen LogP contribution < -0.4 is 0 Å². The molecule has 0 aromatic heterocycles. The maximum absolute atomic E-state index is 13.0. The first-order chi connectivity index (χ1) is 13.7. The van der Waals surface area contributed by atoms with Gasteiger partial charge in [0.1, 0.15) is 6.61 Å². The highest BCUT2D eigenvalue weighted by Crippen LogP contribution is 2.29. The fourth-order valence-corrected chi connectivity index (χ4v) is 3.89. The molecular formula is C21H21F3N2O2S. The molecule has 1 aliphatic heterocycles. The number of amides is 1. The lowest BCUT2D eigenvalue weighted by atomic mass is 10.1. The van der Waals surface area contributed by atoms with Crippen LogP contribution in [-0.4, -0.2) is 40.6 Å². The number of carbonyl (C=O) groups excluding carboxylic acids is 1. The quantitative estimate of drug-likeness (QED) is 0.653. The Labute approximate surface area is 171 Å². The number of aryl methyl sites for hydroxylation is 1. The Morgan fingerprint density at radius 3 is 2.62 bits per heavy atom. The van der Waals surface area contributed by atoms with Gasteiger partial charge >= 0.3 is 6.18 Å². The van der Waals surface area contributed by atoms with Crippen LogP contribution in [0.5, 0.6) is 0 Å². The molecule has 0 saturated carbocycles. The molecule has 4 nitrogen and oxygen atoms in total. The number of carbonyl (C=O) groups is 1. The molecule has 1 amide bonds. The van der Waals surface area contributed by atoms with Crippen LogP contribution in [0.1, 0.15) is 28.4 Å². The molecule has 1 fully saturated rings. The molecule has 0 spiro atoms. The van der Waals surface area contributed by atoms with Crippen molar-refractivity contribution in [2.45, 2.75) is 31.9 Å². The van der Waals surface area contributed by atoms with Crippen molar-refractivity contribution in [3.63, 3.8) is 0 Å². The topological polar surface area (TPSA) is 41.9 Å².